The van der Waals surface area contributed by atoms with E-state index in [1.807, 2.05) is 25.1 Å². The molecule has 0 aliphatic heterocycles. The Labute approximate surface area is 103 Å². The molecule has 0 atom stereocenters. The van der Waals surface area contributed by atoms with Gasteiger partial charge in [-0.25, -0.2) is 0 Å². The van der Waals surface area contributed by atoms with Crippen molar-refractivity contribution >= 4 is 35.3 Å². The number of H-pyrrole nitrogens is 1. The third kappa shape index (κ3) is 2.56. The van der Waals surface area contributed by atoms with E-state index < -0.39 is 0 Å². The molecule has 2 aromatic rings. The van der Waals surface area contributed by atoms with Gasteiger partial charge in [0.1, 0.15) is 0 Å². The first kappa shape index (κ1) is 11.0. The number of aromatic nitrogens is 3. The van der Waals surface area contributed by atoms with E-state index in [4.69, 9.17) is 23.8 Å². The Hall–Kier alpha value is -1.46. The zero-order valence-electron chi connectivity index (χ0n) is 8.49. The summed E-state index contributed by atoms with van der Waals surface area (Å²) in [5, 5.41) is 10.2. The van der Waals surface area contributed by atoms with Gasteiger partial charge in [0.25, 0.3) is 0 Å². The molecule has 4 nitrogen and oxygen atoms in total. The molecule has 0 bridgehead atoms. The lowest BCUT2D eigenvalue weighted by Gasteiger charge is -2.06. The number of nitrogens with zero attached hydrogens (tertiary/aromatic N) is 2. The van der Waals surface area contributed by atoms with Crippen LogP contribution in [0.3, 0.4) is 0 Å². The van der Waals surface area contributed by atoms with Crippen molar-refractivity contribution in [1.82, 2.24) is 15.2 Å². The molecule has 0 amide bonds. The second kappa shape index (κ2) is 4.59. The molecule has 0 spiro atoms. The highest BCUT2D eigenvalue weighted by Crippen LogP contribution is 2.21. The predicted octanol–water partition coefficient (Wildman–Crippen LogP) is 3.24. The lowest BCUT2D eigenvalue weighted by atomic mass is 10.2. The second-order valence-corrected chi connectivity index (χ2v) is 4.06. The van der Waals surface area contributed by atoms with Crippen molar-refractivity contribution in [2.24, 2.45) is 0 Å². The molecular formula is C10H9ClN4S. The minimum absolute atomic E-state index is 0.336. The van der Waals surface area contributed by atoms with Crippen LogP contribution < -0.4 is 5.32 Å². The monoisotopic (exact) mass is 252 g/mol. The van der Waals surface area contributed by atoms with E-state index in [0.717, 1.165) is 11.3 Å². The molecule has 6 heteroatoms. The third-order valence-corrected chi connectivity index (χ3v) is 2.60. The third-order valence-electron chi connectivity index (χ3n) is 2.01. The topological polar surface area (TPSA) is 53.6 Å². The molecule has 1 heterocycles. The van der Waals surface area contributed by atoms with Crippen molar-refractivity contribution in [1.29, 1.82) is 0 Å². The molecule has 16 heavy (non-hydrogen) atoms. The highest BCUT2D eigenvalue weighted by Gasteiger charge is 1.99. The standard InChI is InChI=1S/C10H9ClN4S/c1-6-2-3-7(4-8(6)11)13-9-5-12-15-10(16)14-9/h2-5H,1H3,(H2,13,14,15,16). The fourth-order valence-corrected chi connectivity index (χ4v) is 1.52. The Morgan fingerprint density at radius 3 is 2.94 bits per heavy atom. The maximum atomic E-state index is 6.01. The first-order chi connectivity index (χ1) is 7.65. The molecule has 0 unspecified atom stereocenters. The summed E-state index contributed by atoms with van der Waals surface area (Å²) in [5.41, 5.74) is 1.88. The van der Waals surface area contributed by atoms with Crippen molar-refractivity contribution in [3.05, 3.63) is 39.8 Å². The fraction of sp³-hybridized carbons (Fsp3) is 0.100. The predicted molar refractivity (Wildman–Crippen MR) is 66.7 cm³/mol. The summed E-state index contributed by atoms with van der Waals surface area (Å²) in [6.45, 7) is 1.95. The van der Waals surface area contributed by atoms with Crippen LogP contribution in [0.15, 0.2) is 24.4 Å². The van der Waals surface area contributed by atoms with Crippen LogP contribution in [0, 0.1) is 11.7 Å². The smallest absolute Gasteiger partial charge is 0.215 e. The van der Waals surface area contributed by atoms with Crippen LogP contribution in [0.4, 0.5) is 11.5 Å². The Kier molecular flexibility index (Phi) is 3.17. The number of hydrogen-bond acceptors (Lipinski definition) is 4. The van der Waals surface area contributed by atoms with E-state index in [1.54, 1.807) is 6.20 Å². The number of aromatic amines is 1. The molecule has 2 rings (SSSR count). The second-order valence-electron chi connectivity index (χ2n) is 3.26. The van der Waals surface area contributed by atoms with Crippen molar-refractivity contribution in [2.75, 3.05) is 5.32 Å². The number of halogens is 1. The zero-order chi connectivity index (χ0) is 11.5. The van der Waals surface area contributed by atoms with Crippen LogP contribution in [0.2, 0.25) is 5.02 Å². The van der Waals surface area contributed by atoms with E-state index in [-0.39, 0.29) is 0 Å². The Morgan fingerprint density at radius 1 is 1.44 bits per heavy atom. The van der Waals surface area contributed by atoms with Crippen LogP contribution in [0.1, 0.15) is 5.56 Å². The van der Waals surface area contributed by atoms with Crippen molar-refractivity contribution < 1.29 is 0 Å². The fourth-order valence-electron chi connectivity index (χ4n) is 1.19. The van der Waals surface area contributed by atoms with Crippen molar-refractivity contribution in [2.45, 2.75) is 6.92 Å². The Morgan fingerprint density at radius 2 is 2.25 bits per heavy atom. The number of rotatable bonds is 2. The number of benzene rings is 1. The highest BCUT2D eigenvalue weighted by atomic mass is 35.5. The molecule has 82 valence electrons. The SMILES string of the molecule is Cc1ccc(Nc2cn[nH]c(=S)n2)cc1Cl. The van der Waals surface area contributed by atoms with Gasteiger partial charge in [-0.05, 0) is 36.8 Å². The summed E-state index contributed by atoms with van der Waals surface area (Å²) in [4.78, 5) is 4.06. The van der Waals surface area contributed by atoms with Crippen LogP contribution >= 0.6 is 23.8 Å². The van der Waals surface area contributed by atoms with Gasteiger partial charge in [-0.1, -0.05) is 17.7 Å². The summed E-state index contributed by atoms with van der Waals surface area (Å²) in [6, 6.07) is 5.68. The van der Waals surface area contributed by atoms with Gasteiger partial charge in [0.2, 0.25) is 4.77 Å². The van der Waals surface area contributed by atoms with Crippen LogP contribution in [0.5, 0.6) is 0 Å². The molecular weight excluding hydrogens is 244 g/mol. The van der Waals surface area contributed by atoms with Crippen LogP contribution in [-0.4, -0.2) is 15.2 Å². The van der Waals surface area contributed by atoms with E-state index >= 15 is 0 Å². The average Bonchev–Trinajstić information content (AvgIpc) is 2.24. The van der Waals surface area contributed by atoms with Gasteiger partial charge in [0.05, 0.1) is 6.20 Å². The molecule has 1 aromatic heterocycles. The minimum Gasteiger partial charge on any atom is -0.339 e. The number of hydrogen-bond donors (Lipinski definition) is 2. The lowest BCUT2D eigenvalue weighted by molar-refractivity contribution is 0.953. The summed E-state index contributed by atoms with van der Waals surface area (Å²) in [7, 11) is 0. The number of aryl methyl sites for hydroxylation is 1. The first-order valence-electron chi connectivity index (χ1n) is 4.60. The molecule has 1 aromatic carbocycles. The van der Waals surface area contributed by atoms with Crippen LogP contribution in [0.25, 0.3) is 0 Å². The summed E-state index contributed by atoms with van der Waals surface area (Å²) in [5.74, 6) is 0.587. The van der Waals surface area contributed by atoms with Crippen molar-refractivity contribution in [3.8, 4) is 0 Å². The molecule has 2 N–H and O–H groups in total. The normalized spacial score (nSPS) is 10.1. The van der Waals surface area contributed by atoms with Crippen LogP contribution in [-0.2, 0) is 0 Å². The lowest BCUT2D eigenvalue weighted by Crippen LogP contribution is -1.96. The maximum absolute atomic E-state index is 6.01. The van der Waals surface area contributed by atoms with Gasteiger partial charge in [0.15, 0.2) is 5.82 Å². The highest BCUT2D eigenvalue weighted by molar-refractivity contribution is 7.71. The molecule has 0 saturated carbocycles. The summed E-state index contributed by atoms with van der Waals surface area (Å²) >= 11 is 10.9. The largest absolute Gasteiger partial charge is 0.339 e. The van der Waals surface area contributed by atoms with Crippen molar-refractivity contribution in [3.63, 3.8) is 0 Å². The van der Waals surface area contributed by atoms with E-state index in [1.165, 1.54) is 0 Å². The number of anilines is 2. The molecule has 0 aliphatic rings. The Bertz CT molecular complexity index is 567. The van der Waals surface area contributed by atoms with Gasteiger partial charge in [-0.3, -0.25) is 5.10 Å². The molecule has 0 aliphatic carbocycles. The van der Waals surface area contributed by atoms with Gasteiger partial charge < -0.3 is 5.32 Å². The quantitative estimate of drug-likeness (QED) is 0.806. The molecule has 0 fully saturated rings. The first-order valence-corrected chi connectivity index (χ1v) is 5.39. The van der Waals surface area contributed by atoms with Gasteiger partial charge >= 0.3 is 0 Å². The average molecular weight is 253 g/mol. The maximum Gasteiger partial charge on any atom is 0.215 e. The minimum atomic E-state index is 0.336. The summed E-state index contributed by atoms with van der Waals surface area (Å²) in [6.07, 6.45) is 1.56. The Balaban J connectivity index is 2.27. The van der Waals surface area contributed by atoms with E-state index in [9.17, 15) is 0 Å². The zero-order valence-corrected chi connectivity index (χ0v) is 10.1. The number of nitrogens with one attached hydrogen (secondary N) is 2. The van der Waals surface area contributed by atoms with Gasteiger partial charge in [0, 0.05) is 10.7 Å². The summed E-state index contributed by atoms with van der Waals surface area (Å²) < 4.78 is 0.336. The van der Waals surface area contributed by atoms with Gasteiger partial charge in [-0.2, -0.15) is 10.1 Å². The molecule has 0 saturated heterocycles. The molecule has 0 radical (unpaired) electrons. The van der Waals surface area contributed by atoms with E-state index in [2.05, 4.69) is 20.5 Å². The van der Waals surface area contributed by atoms with E-state index in [0.29, 0.717) is 15.6 Å². The van der Waals surface area contributed by atoms with Gasteiger partial charge in [-0.15, -0.1) is 0 Å².